The number of ether oxygens (including phenoxy) is 1. The number of hydrogen-bond donors (Lipinski definition) is 1. The standard InChI is InChI=1S/C20H19N5O3/c1-2-28-20(27)15-4-3-9-25(13-15)19(26)14-5-7-17(8-6-14)24-18(12-23)16(10-21)11-22/h5-8,15,24H,2-4,9,13H2,1H3. The quantitative estimate of drug-likeness (QED) is 0.615. The molecule has 1 N–H and O–H groups in total. The molecule has 1 fully saturated rings. The number of piperidine rings is 1. The van der Waals surface area contributed by atoms with Crippen molar-refractivity contribution in [3.8, 4) is 18.2 Å². The molecule has 1 heterocycles. The summed E-state index contributed by atoms with van der Waals surface area (Å²) in [7, 11) is 0. The second kappa shape index (κ2) is 9.75. The van der Waals surface area contributed by atoms with Crippen molar-refractivity contribution in [2.24, 2.45) is 5.92 Å². The summed E-state index contributed by atoms with van der Waals surface area (Å²) >= 11 is 0. The Morgan fingerprint density at radius 2 is 1.86 bits per heavy atom. The molecule has 0 bridgehead atoms. The third kappa shape index (κ3) is 4.87. The van der Waals surface area contributed by atoms with Crippen molar-refractivity contribution in [2.75, 3.05) is 25.0 Å². The van der Waals surface area contributed by atoms with Crippen LogP contribution in [-0.2, 0) is 9.53 Å². The highest BCUT2D eigenvalue weighted by molar-refractivity contribution is 5.95. The average Bonchev–Trinajstić information content (AvgIpc) is 2.74. The molecule has 1 amide bonds. The van der Waals surface area contributed by atoms with Gasteiger partial charge >= 0.3 is 5.97 Å². The molecule has 1 saturated heterocycles. The van der Waals surface area contributed by atoms with Crippen LogP contribution in [0.2, 0.25) is 0 Å². The summed E-state index contributed by atoms with van der Waals surface area (Å²) in [5, 5.41) is 29.5. The van der Waals surface area contributed by atoms with E-state index in [1.54, 1.807) is 54.3 Å². The first-order valence-electron chi connectivity index (χ1n) is 8.81. The smallest absolute Gasteiger partial charge is 0.310 e. The number of anilines is 1. The number of esters is 1. The second-order valence-corrected chi connectivity index (χ2v) is 6.13. The van der Waals surface area contributed by atoms with E-state index in [0.717, 1.165) is 6.42 Å². The van der Waals surface area contributed by atoms with Crippen LogP contribution in [0.3, 0.4) is 0 Å². The molecular weight excluding hydrogens is 358 g/mol. The lowest BCUT2D eigenvalue weighted by Gasteiger charge is -2.31. The molecule has 0 aliphatic carbocycles. The predicted molar refractivity (Wildman–Crippen MR) is 99.2 cm³/mol. The van der Waals surface area contributed by atoms with Gasteiger partial charge in [-0.3, -0.25) is 9.59 Å². The largest absolute Gasteiger partial charge is 0.466 e. The lowest BCUT2D eigenvalue weighted by molar-refractivity contribution is -0.149. The van der Waals surface area contributed by atoms with Gasteiger partial charge in [0.1, 0.15) is 23.9 Å². The van der Waals surface area contributed by atoms with E-state index < -0.39 is 0 Å². The molecule has 0 saturated carbocycles. The zero-order valence-electron chi connectivity index (χ0n) is 15.4. The summed E-state index contributed by atoms with van der Waals surface area (Å²) in [6.07, 6.45) is 1.44. The molecule has 2 rings (SSSR count). The monoisotopic (exact) mass is 377 g/mol. The van der Waals surface area contributed by atoms with Crippen molar-refractivity contribution in [1.29, 1.82) is 15.8 Å². The molecule has 0 spiro atoms. The van der Waals surface area contributed by atoms with E-state index in [4.69, 9.17) is 20.5 Å². The number of hydrogen-bond acceptors (Lipinski definition) is 7. The molecule has 142 valence electrons. The molecule has 1 aromatic rings. The fraction of sp³-hybridized carbons (Fsp3) is 0.350. The molecule has 0 radical (unpaired) electrons. The zero-order chi connectivity index (χ0) is 20.5. The van der Waals surface area contributed by atoms with E-state index in [1.165, 1.54) is 0 Å². The number of rotatable bonds is 5. The highest BCUT2D eigenvalue weighted by Gasteiger charge is 2.29. The SMILES string of the molecule is CCOC(=O)C1CCCN(C(=O)c2ccc(NC(C#N)=C(C#N)C#N)cc2)C1. The zero-order valence-corrected chi connectivity index (χ0v) is 15.4. The Bertz CT molecular complexity index is 884. The van der Waals surface area contributed by atoms with Crippen LogP contribution in [0, 0.1) is 39.9 Å². The van der Waals surface area contributed by atoms with Crippen LogP contribution < -0.4 is 5.32 Å². The summed E-state index contributed by atoms with van der Waals surface area (Å²) in [5.41, 5.74) is 0.441. The summed E-state index contributed by atoms with van der Waals surface area (Å²) in [6.45, 7) is 2.97. The minimum absolute atomic E-state index is 0.155. The van der Waals surface area contributed by atoms with Gasteiger partial charge in [0.05, 0.1) is 12.5 Å². The number of likely N-dealkylation sites (tertiary alicyclic amines) is 1. The molecule has 1 atom stereocenters. The Hall–Kier alpha value is -3.83. The van der Waals surface area contributed by atoms with Gasteiger partial charge in [-0.2, -0.15) is 15.8 Å². The van der Waals surface area contributed by atoms with Crippen LogP contribution in [0.25, 0.3) is 0 Å². The van der Waals surface area contributed by atoms with Crippen molar-refractivity contribution in [3.63, 3.8) is 0 Å². The molecule has 1 aliphatic rings. The van der Waals surface area contributed by atoms with Crippen LogP contribution in [0.15, 0.2) is 35.5 Å². The van der Waals surface area contributed by atoms with Crippen molar-refractivity contribution < 1.29 is 14.3 Å². The molecule has 8 nitrogen and oxygen atoms in total. The van der Waals surface area contributed by atoms with E-state index in [1.807, 2.05) is 0 Å². The van der Waals surface area contributed by atoms with Gasteiger partial charge in [0.25, 0.3) is 5.91 Å². The van der Waals surface area contributed by atoms with E-state index in [0.29, 0.717) is 37.4 Å². The van der Waals surface area contributed by atoms with Crippen LogP contribution in [0.5, 0.6) is 0 Å². The number of carbonyl (C=O) groups is 2. The summed E-state index contributed by atoms with van der Waals surface area (Å²) in [4.78, 5) is 26.3. The third-order valence-corrected chi connectivity index (χ3v) is 4.32. The van der Waals surface area contributed by atoms with E-state index in [2.05, 4.69) is 5.32 Å². The van der Waals surface area contributed by atoms with Gasteiger partial charge in [0.2, 0.25) is 0 Å². The lowest BCUT2D eigenvalue weighted by atomic mass is 9.97. The van der Waals surface area contributed by atoms with Gasteiger partial charge in [-0.15, -0.1) is 0 Å². The van der Waals surface area contributed by atoms with Crippen molar-refractivity contribution in [1.82, 2.24) is 4.90 Å². The summed E-state index contributed by atoms with van der Waals surface area (Å²) in [6, 6.07) is 11.4. The molecular formula is C20H19N5O3. The number of allylic oxidation sites excluding steroid dienone is 2. The Labute approximate surface area is 163 Å². The van der Waals surface area contributed by atoms with Gasteiger partial charge in [0, 0.05) is 24.3 Å². The van der Waals surface area contributed by atoms with Crippen LogP contribution in [-0.4, -0.2) is 36.5 Å². The summed E-state index contributed by atoms with van der Waals surface area (Å²) < 4.78 is 5.05. The Balaban J connectivity index is 2.09. The van der Waals surface area contributed by atoms with Gasteiger partial charge in [-0.25, -0.2) is 0 Å². The molecule has 1 unspecified atom stereocenters. The first-order valence-corrected chi connectivity index (χ1v) is 8.81. The Kier molecular flexibility index (Phi) is 7.13. The van der Waals surface area contributed by atoms with Crippen molar-refractivity contribution >= 4 is 17.6 Å². The van der Waals surface area contributed by atoms with Gasteiger partial charge < -0.3 is 15.0 Å². The number of amides is 1. The number of carbonyl (C=O) groups excluding carboxylic acids is 2. The van der Waals surface area contributed by atoms with Crippen LogP contribution in [0.4, 0.5) is 5.69 Å². The molecule has 0 aromatic heterocycles. The maximum Gasteiger partial charge on any atom is 0.310 e. The molecule has 8 heteroatoms. The predicted octanol–water partition coefficient (Wildman–Crippen LogP) is 2.34. The van der Waals surface area contributed by atoms with Crippen LogP contribution >= 0.6 is 0 Å². The number of nitriles is 3. The average molecular weight is 377 g/mol. The normalized spacial score (nSPS) is 15.4. The summed E-state index contributed by atoms with van der Waals surface area (Å²) in [5.74, 6) is -0.773. The van der Waals surface area contributed by atoms with Crippen LogP contribution in [0.1, 0.15) is 30.1 Å². The van der Waals surface area contributed by atoms with Gasteiger partial charge in [0.15, 0.2) is 5.57 Å². The molecule has 1 aliphatic heterocycles. The number of benzene rings is 1. The van der Waals surface area contributed by atoms with E-state index in [9.17, 15) is 9.59 Å². The third-order valence-electron chi connectivity index (χ3n) is 4.32. The van der Waals surface area contributed by atoms with Gasteiger partial charge in [-0.05, 0) is 44.0 Å². The Morgan fingerprint density at radius 3 is 2.43 bits per heavy atom. The van der Waals surface area contributed by atoms with Crippen molar-refractivity contribution in [3.05, 3.63) is 41.1 Å². The first kappa shape index (κ1) is 20.5. The highest BCUT2D eigenvalue weighted by Crippen LogP contribution is 2.21. The lowest BCUT2D eigenvalue weighted by Crippen LogP contribution is -2.42. The van der Waals surface area contributed by atoms with E-state index >= 15 is 0 Å². The minimum Gasteiger partial charge on any atom is -0.466 e. The maximum absolute atomic E-state index is 12.7. The number of nitrogens with one attached hydrogen (secondary N) is 1. The van der Waals surface area contributed by atoms with Crippen molar-refractivity contribution in [2.45, 2.75) is 19.8 Å². The first-order chi connectivity index (χ1) is 13.5. The minimum atomic E-state index is -0.319. The molecule has 28 heavy (non-hydrogen) atoms. The topological polar surface area (TPSA) is 130 Å². The fourth-order valence-corrected chi connectivity index (χ4v) is 2.92. The van der Waals surface area contributed by atoms with Gasteiger partial charge in [-0.1, -0.05) is 0 Å². The molecule has 1 aromatic carbocycles. The maximum atomic E-state index is 12.7. The Morgan fingerprint density at radius 1 is 1.18 bits per heavy atom. The van der Waals surface area contributed by atoms with E-state index in [-0.39, 0.29) is 29.1 Å². The number of nitrogens with zero attached hydrogens (tertiary/aromatic N) is 4. The second-order valence-electron chi connectivity index (χ2n) is 6.13. The highest BCUT2D eigenvalue weighted by atomic mass is 16.5. The fourth-order valence-electron chi connectivity index (χ4n) is 2.92.